The third-order valence-corrected chi connectivity index (χ3v) is 3.89. The highest BCUT2D eigenvalue weighted by Crippen LogP contribution is 2.15. The first-order valence-electron chi connectivity index (χ1n) is 5.67. The molecule has 1 atom stereocenters. The van der Waals surface area contributed by atoms with Gasteiger partial charge in [-0.3, -0.25) is 4.90 Å². The average molecular weight is 225 g/mol. The first-order chi connectivity index (χ1) is 7.28. The van der Waals surface area contributed by atoms with Crippen molar-refractivity contribution < 1.29 is 0 Å². The van der Waals surface area contributed by atoms with E-state index in [9.17, 15) is 0 Å². The summed E-state index contributed by atoms with van der Waals surface area (Å²) in [5, 5.41) is 4.72. The van der Waals surface area contributed by atoms with E-state index in [2.05, 4.69) is 29.0 Å². The van der Waals surface area contributed by atoms with E-state index in [-0.39, 0.29) is 0 Å². The van der Waals surface area contributed by atoms with Gasteiger partial charge in [0.1, 0.15) is 5.01 Å². The molecular weight excluding hydrogens is 206 g/mol. The Labute approximate surface area is 95.5 Å². The van der Waals surface area contributed by atoms with Crippen LogP contribution in [0.15, 0.2) is 6.20 Å². The highest BCUT2D eigenvalue weighted by atomic mass is 32.1. The Bertz CT molecular complexity index is 311. The Morgan fingerprint density at radius 2 is 2.53 bits per heavy atom. The number of nitrogens with zero attached hydrogens (tertiary/aromatic N) is 2. The molecule has 3 nitrogen and oxygen atoms in total. The van der Waals surface area contributed by atoms with Gasteiger partial charge in [0.25, 0.3) is 0 Å². The third kappa shape index (κ3) is 3.00. The standard InChI is InChI=1S/C11H19N3S/c1-3-10-6-13-11(15-10)8-14-5-4-12-9(2)7-14/h6,9,12H,3-5,7-8H2,1-2H3. The molecule has 4 heteroatoms. The summed E-state index contributed by atoms with van der Waals surface area (Å²) in [4.78, 5) is 8.34. The number of aryl methyl sites for hydroxylation is 1. The zero-order valence-corrected chi connectivity index (χ0v) is 10.3. The lowest BCUT2D eigenvalue weighted by Crippen LogP contribution is -2.48. The fourth-order valence-corrected chi connectivity index (χ4v) is 2.84. The van der Waals surface area contributed by atoms with Crippen molar-refractivity contribution in [3.63, 3.8) is 0 Å². The smallest absolute Gasteiger partial charge is 0.107 e. The second kappa shape index (κ2) is 5.05. The van der Waals surface area contributed by atoms with Crippen LogP contribution in [-0.4, -0.2) is 35.6 Å². The number of hydrogen-bond acceptors (Lipinski definition) is 4. The van der Waals surface area contributed by atoms with Crippen molar-refractivity contribution >= 4 is 11.3 Å². The number of aromatic nitrogens is 1. The van der Waals surface area contributed by atoms with Gasteiger partial charge >= 0.3 is 0 Å². The lowest BCUT2D eigenvalue weighted by Gasteiger charge is -2.31. The van der Waals surface area contributed by atoms with Crippen LogP contribution in [0.1, 0.15) is 23.7 Å². The van der Waals surface area contributed by atoms with Crippen LogP contribution in [0.5, 0.6) is 0 Å². The van der Waals surface area contributed by atoms with Gasteiger partial charge in [-0.1, -0.05) is 6.92 Å². The average Bonchev–Trinajstić information content (AvgIpc) is 2.65. The maximum atomic E-state index is 4.46. The molecule has 0 aromatic carbocycles. The van der Waals surface area contributed by atoms with E-state index in [0.717, 1.165) is 32.6 Å². The van der Waals surface area contributed by atoms with Crippen LogP contribution in [0.2, 0.25) is 0 Å². The van der Waals surface area contributed by atoms with Crippen molar-refractivity contribution in [3.8, 4) is 0 Å². The molecule has 0 aliphatic carbocycles. The minimum absolute atomic E-state index is 0.615. The molecule has 2 rings (SSSR count). The number of piperazine rings is 1. The Morgan fingerprint density at radius 1 is 1.67 bits per heavy atom. The Morgan fingerprint density at radius 3 is 3.20 bits per heavy atom. The summed E-state index contributed by atoms with van der Waals surface area (Å²) in [6.45, 7) is 8.84. The quantitative estimate of drug-likeness (QED) is 0.845. The van der Waals surface area contributed by atoms with Gasteiger partial charge in [0.05, 0.1) is 6.54 Å². The molecule has 1 aliphatic rings. The van der Waals surface area contributed by atoms with Crippen molar-refractivity contribution in [2.24, 2.45) is 0 Å². The van der Waals surface area contributed by atoms with Gasteiger partial charge in [-0.25, -0.2) is 4.98 Å². The van der Waals surface area contributed by atoms with E-state index >= 15 is 0 Å². The maximum Gasteiger partial charge on any atom is 0.107 e. The summed E-state index contributed by atoms with van der Waals surface area (Å²) >= 11 is 1.85. The molecule has 0 bridgehead atoms. The van der Waals surface area contributed by atoms with Crippen LogP contribution in [0.3, 0.4) is 0 Å². The molecule has 1 unspecified atom stereocenters. The Balaban J connectivity index is 1.90. The minimum atomic E-state index is 0.615. The molecule has 0 amide bonds. The van der Waals surface area contributed by atoms with Crippen LogP contribution >= 0.6 is 11.3 Å². The van der Waals surface area contributed by atoms with Crippen molar-refractivity contribution in [1.82, 2.24) is 15.2 Å². The molecule has 1 fully saturated rings. The highest BCUT2D eigenvalue weighted by Gasteiger charge is 2.16. The predicted octanol–water partition coefficient (Wildman–Crippen LogP) is 1.50. The summed E-state index contributed by atoms with van der Waals surface area (Å²) in [5.41, 5.74) is 0. The van der Waals surface area contributed by atoms with Crippen molar-refractivity contribution in [2.75, 3.05) is 19.6 Å². The normalized spacial score (nSPS) is 23.2. The molecule has 1 saturated heterocycles. The Hall–Kier alpha value is -0.450. The van der Waals surface area contributed by atoms with E-state index in [1.165, 1.54) is 9.88 Å². The molecule has 1 N–H and O–H groups in total. The first kappa shape index (κ1) is 11.0. The Kier molecular flexibility index (Phi) is 3.72. The van der Waals surface area contributed by atoms with Crippen molar-refractivity contribution in [1.29, 1.82) is 0 Å². The predicted molar refractivity (Wildman–Crippen MR) is 64.2 cm³/mol. The highest BCUT2D eigenvalue weighted by molar-refractivity contribution is 7.11. The molecule has 1 aromatic rings. The van der Waals surface area contributed by atoms with Crippen LogP contribution in [-0.2, 0) is 13.0 Å². The molecule has 1 aromatic heterocycles. The largest absolute Gasteiger partial charge is 0.312 e. The van der Waals surface area contributed by atoms with Crippen LogP contribution < -0.4 is 5.32 Å². The topological polar surface area (TPSA) is 28.2 Å². The molecule has 0 saturated carbocycles. The molecule has 0 spiro atoms. The van der Waals surface area contributed by atoms with E-state index < -0.39 is 0 Å². The fraction of sp³-hybridized carbons (Fsp3) is 0.727. The summed E-state index contributed by atoms with van der Waals surface area (Å²) in [7, 11) is 0. The van der Waals surface area contributed by atoms with Gasteiger partial charge in [0.15, 0.2) is 0 Å². The first-order valence-corrected chi connectivity index (χ1v) is 6.49. The lowest BCUT2D eigenvalue weighted by atomic mass is 10.2. The van der Waals surface area contributed by atoms with E-state index in [1.807, 2.05) is 17.5 Å². The summed E-state index contributed by atoms with van der Waals surface area (Å²) in [6, 6.07) is 0.615. The lowest BCUT2D eigenvalue weighted by molar-refractivity contribution is 0.199. The summed E-state index contributed by atoms with van der Waals surface area (Å²) in [5.74, 6) is 0. The van der Waals surface area contributed by atoms with E-state index in [4.69, 9.17) is 0 Å². The molecule has 1 aliphatic heterocycles. The van der Waals surface area contributed by atoms with Gasteiger partial charge in [0, 0.05) is 36.8 Å². The molecule has 0 radical (unpaired) electrons. The molecular formula is C11H19N3S. The van der Waals surface area contributed by atoms with Crippen LogP contribution in [0.4, 0.5) is 0 Å². The SMILES string of the molecule is CCc1cnc(CN2CCNC(C)C2)s1. The fourth-order valence-electron chi connectivity index (χ4n) is 1.93. The van der Waals surface area contributed by atoms with Gasteiger partial charge in [-0.15, -0.1) is 11.3 Å². The summed E-state index contributed by atoms with van der Waals surface area (Å²) in [6.07, 6.45) is 3.13. The summed E-state index contributed by atoms with van der Waals surface area (Å²) < 4.78 is 0. The van der Waals surface area contributed by atoms with E-state index in [0.29, 0.717) is 6.04 Å². The second-order valence-electron chi connectivity index (χ2n) is 4.16. The number of hydrogen-bond donors (Lipinski definition) is 1. The van der Waals surface area contributed by atoms with Crippen LogP contribution in [0, 0.1) is 0 Å². The van der Waals surface area contributed by atoms with Gasteiger partial charge in [0.2, 0.25) is 0 Å². The van der Waals surface area contributed by atoms with Gasteiger partial charge < -0.3 is 5.32 Å². The van der Waals surface area contributed by atoms with E-state index in [1.54, 1.807) is 0 Å². The zero-order chi connectivity index (χ0) is 10.7. The number of rotatable bonds is 3. The number of nitrogens with one attached hydrogen (secondary N) is 1. The van der Waals surface area contributed by atoms with Crippen molar-refractivity contribution in [2.45, 2.75) is 32.9 Å². The molecule has 2 heterocycles. The van der Waals surface area contributed by atoms with Gasteiger partial charge in [-0.2, -0.15) is 0 Å². The third-order valence-electron chi connectivity index (χ3n) is 2.76. The molecule has 15 heavy (non-hydrogen) atoms. The number of thiazole rings is 1. The second-order valence-corrected chi connectivity index (χ2v) is 5.36. The maximum absolute atomic E-state index is 4.46. The monoisotopic (exact) mass is 225 g/mol. The zero-order valence-electron chi connectivity index (χ0n) is 9.49. The van der Waals surface area contributed by atoms with Crippen molar-refractivity contribution in [3.05, 3.63) is 16.1 Å². The minimum Gasteiger partial charge on any atom is -0.312 e. The van der Waals surface area contributed by atoms with Gasteiger partial charge in [-0.05, 0) is 13.3 Å². The molecule has 84 valence electrons. The van der Waals surface area contributed by atoms with Crippen LogP contribution in [0.25, 0.3) is 0 Å².